The van der Waals surface area contributed by atoms with E-state index >= 15 is 0 Å². The molecule has 0 atom stereocenters. The molecule has 1 aromatic carbocycles. The number of allylic oxidation sites excluding steroid dienone is 1. The molecule has 0 radical (unpaired) electrons. The van der Waals surface area contributed by atoms with Gasteiger partial charge < -0.3 is 0 Å². The lowest BCUT2D eigenvalue weighted by Crippen LogP contribution is -1.78. The fourth-order valence-corrected chi connectivity index (χ4v) is 0.915. The van der Waals surface area contributed by atoms with E-state index in [-0.39, 0.29) is 0 Å². The summed E-state index contributed by atoms with van der Waals surface area (Å²) in [7, 11) is 0. The Hall–Kier alpha value is -1.04. The van der Waals surface area contributed by atoms with Gasteiger partial charge in [-0.05, 0) is 36.1 Å². The number of nitrogens with one attached hydrogen (secondary N) is 1. The van der Waals surface area contributed by atoms with E-state index in [9.17, 15) is 0 Å². The average molecular weight is 166 g/mol. The lowest BCUT2D eigenvalue weighted by atomic mass is 10.1. The zero-order valence-electron chi connectivity index (χ0n) is 5.97. The minimum atomic E-state index is 0.743. The Bertz CT molecular complexity index is 270. The monoisotopic (exact) mass is 165 g/mol. The van der Waals surface area contributed by atoms with Gasteiger partial charge in [0.1, 0.15) is 0 Å². The summed E-state index contributed by atoms with van der Waals surface area (Å²) in [4.78, 5) is 0. The van der Waals surface area contributed by atoms with Crippen molar-refractivity contribution < 1.29 is 0 Å². The van der Waals surface area contributed by atoms with E-state index < -0.39 is 0 Å². The third-order valence-electron chi connectivity index (χ3n) is 1.35. The normalized spacial score (nSPS) is 8.82. The van der Waals surface area contributed by atoms with Crippen molar-refractivity contribution in [2.75, 3.05) is 0 Å². The lowest BCUT2D eigenvalue weighted by Gasteiger charge is -1.93. The molecule has 1 aromatic rings. The molecule has 0 saturated heterocycles. The van der Waals surface area contributed by atoms with E-state index in [0.717, 1.165) is 17.0 Å². The average Bonchev–Trinajstić information content (AvgIpc) is 2.04. The van der Waals surface area contributed by atoms with Gasteiger partial charge in [0.25, 0.3) is 0 Å². The summed E-state index contributed by atoms with van der Waals surface area (Å²) in [6.07, 6.45) is 2.42. The standard InChI is InChI=1S/C9H8ClN/c10-9-5-3-8(4-6-9)2-1-7-11/h1,3-6,11H,2H2. The van der Waals surface area contributed by atoms with Crippen molar-refractivity contribution in [1.29, 1.82) is 5.41 Å². The van der Waals surface area contributed by atoms with E-state index in [2.05, 4.69) is 5.87 Å². The zero-order chi connectivity index (χ0) is 8.10. The van der Waals surface area contributed by atoms with E-state index in [1.165, 1.54) is 0 Å². The summed E-state index contributed by atoms with van der Waals surface area (Å²) in [5.41, 5.74) is 1.15. The maximum atomic E-state index is 6.66. The number of rotatable bonds is 2. The Morgan fingerprint density at radius 1 is 1.36 bits per heavy atom. The topological polar surface area (TPSA) is 23.9 Å². The minimum Gasteiger partial charge on any atom is -0.259 e. The molecule has 0 aliphatic rings. The third kappa shape index (κ3) is 2.58. The molecule has 0 heterocycles. The smallest absolute Gasteiger partial charge is 0.0406 e. The molecule has 0 spiro atoms. The van der Waals surface area contributed by atoms with Crippen LogP contribution in [0.15, 0.2) is 30.3 Å². The summed E-state index contributed by atoms with van der Waals surface area (Å²) in [6.45, 7) is 0. The molecule has 0 amide bonds. The summed E-state index contributed by atoms with van der Waals surface area (Å²) in [5.74, 6) is 2.22. The minimum absolute atomic E-state index is 0.743. The largest absolute Gasteiger partial charge is 0.259 e. The van der Waals surface area contributed by atoms with Crippen LogP contribution in [0, 0.1) is 5.41 Å². The highest BCUT2D eigenvalue weighted by Gasteiger charge is 1.88. The first-order chi connectivity index (χ1) is 5.33. The van der Waals surface area contributed by atoms with Gasteiger partial charge in [-0.1, -0.05) is 23.7 Å². The van der Waals surface area contributed by atoms with Crippen LogP contribution >= 0.6 is 11.6 Å². The Morgan fingerprint density at radius 2 is 2.00 bits per heavy atom. The predicted molar refractivity (Wildman–Crippen MR) is 47.5 cm³/mol. The number of hydrogen-bond acceptors (Lipinski definition) is 1. The molecule has 0 fully saturated rings. The quantitative estimate of drug-likeness (QED) is 0.652. The molecule has 0 saturated carbocycles. The van der Waals surface area contributed by atoms with E-state index in [1.54, 1.807) is 6.08 Å². The van der Waals surface area contributed by atoms with Gasteiger partial charge in [-0.25, -0.2) is 0 Å². The molecule has 0 aliphatic heterocycles. The molecule has 0 bridgehead atoms. The summed E-state index contributed by atoms with van der Waals surface area (Å²) >= 11 is 5.68. The van der Waals surface area contributed by atoms with E-state index in [0.29, 0.717) is 0 Å². The first-order valence-corrected chi connectivity index (χ1v) is 3.69. The number of halogens is 1. The Balaban J connectivity index is 2.73. The van der Waals surface area contributed by atoms with Crippen LogP contribution in [0.4, 0.5) is 0 Å². The van der Waals surface area contributed by atoms with Crippen molar-refractivity contribution >= 4 is 17.5 Å². The second kappa shape index (κ2) is 3.97. The van der Waals surface area contributed by atoms with Crippen LogP contribution in [0.25, 0.3) is 0 Å². The first kappa shape index (κ1) is 8.06. The summed E-state index contributed by atoms with van der Waals surface area (Å²) < 4.78 is 0. The van der Waals surface area contributed by atoms with Gasteiger partial charge in [-0.15, -0.1) is 0 Å². The van der Waals surface area contributed by atoms with Crippen molar-refractivity contribution in [3.05, 3.63) is 40.9 Å². The first-order valence-electron chi connectivity index (χ1n) is 3.31. The Kier molecular flexibility index (Phi) is 2.91. The highest BCUT2D eigenvalue weighted by molar-refractivity contribution is 6.30. The number of benzene rings is 1. The van der Waals surface area contributed by atoms with Gasteiger partial charge in [0.05, 0.1) is 0 Å². The van der Waals surface area contributed by atoms with Crippen LogP contribution in [-0.2, 0) is 6.42 Å². The maximum Gasteiger partial charge on any atom is 0.0406 e. The summed E-state index contributed by atoms with van der Waals surface area (Å²) in [6, 6.07) is 7.57. The van der Waals surface area contributed by atoms with Crippen LogP contribution in [0.1, 0.15) is 5.56 Å². The Labute approximate surface area is 70.8 Å². The molecular weight excluding hydrogens is 158 g/mol. The van der Waals surface area contributed by atoms with Crippen molar-refractivity contribution in [1.82, 2.24) is 0 Å². The molecule has 0 aliphatic carbocycles. The van der Waals surface area contributed by atoms with Crippen molar-refractivity contribution in [3.63, 3.8) is 0 Å². The molecule has 1 N–H and O–H groups in total. The molecule has 2 heteroatoms. The third-order valence-corrected chi connectivity index (χ3v) is 1.61. The van der Waals surface area contributed by atoms with Crippen LogP contribution in [-0.4, -0.2) is 5.87 Å². The molecule has 56 valence electrons. The van der Waals surface area contributed by atoms with Gasteiger partial charge in [-0.2, -0.15) is 0 Å². The van der Waals surface area contributed by atoms with Crippen LogP contribution in [0.2, 0.25) is 5.02 Å². The van der Waals surface area contributed by atoms with Gasteiger partial charge in [-0.3, -0.25) is 5.41 Å². The molecule has 1 rings (SSSR count). The molecular formula is C9H8ClN. The van der Waals surface area contributed by atoms with Gasteiger partial charge in [0, 0.05) is 5.02 Å². The van der Waals surface area contributed by atoms with Gasteiger partial charge >= 0.3 is 0 Å². The van der Waals surface area contributed by atoms with E-state index in [1.807, 2.05) is 24.3 Å². The molecule has 0 unspecified atom stereocenters. The Morgan fingerprint density at radius 3 is 2.55 bits per heavy atom. The van der Waals surface area contributed by atoms with Crippen molar-refractivity contribution in [2.24, 2.45) is 0 Å². The predicted octanol–water partition coefficient (Wildman–Crippen LogP) is 2.69. The van der Waals surface area contributed by atoms with Gasteiger partial charge in [0.2, 0.25) is 0 Å². The lowest BCUT2D eigenvalue weighted by molar-refractivity contribution is 1.28. The zero-order valence-corrected chi connectivity index (χ0v) is 6.73. The van der Waals surface area contributed by atoms with Crippen molar-refractivity contribution in [2.45, 2.75) is 6.42 Å². The van der Waals surface area contributed by atoms with Gasteiger partial charge in [0.15, 0.2) is 0 Å². The summed E-state index contributed by atoms with van der Waals surface area (Å²) in [5, 5.41) is 7.41. The highest BCUT2D eigenvalue weighted by Crippen LogP contribution is 2.09. The second-order valence-electron chi connectivity index (χ2n) is 2.18. The van der Waals surface area contributed by atoms with Crippen LogP contribution in [0.5, 0.6) is 0 Å². The maximum absolute atomic E-state index is 6.66. The van der Waals surface area contributed by atoms with Crippen LogP contribution < -0.4 is 0 Å². The van der Waals surface area contributed by atoms with Crippen molar-refractivity contribution in [3.8, 4) is 0 Å². The number of hydrogen-bond donors (Lipinski definition) is 1. The highest BCUT2D eigenvalue weighted by atomic mass is 35.5. The SMILES string of the molecule is N=C=CCc1ccc(Cl)cc1. The van der Waals surface area contributed by atoms with Crippen LogP contribution in [0.3, 0.4) is 0 Å². The molecule has 0 aromatic heterocycles. The van der Waals surface area contributed by atoms with E-state index in [4.69, 9.17) is 17.0 Å². The molecule has 11 heavy (non-hydrogen) atoms. The molecule has 1 nitrogen and oxygen atoms in total. The fourth-order valence-electron chi connectivity index (χ4n) is 0.789. The second-order valence-corrected chi connectivity index (χ2v) is 2.62. The fraction of sp³-hybridized carbons (Fsp3) is 0.111.